The second kappa shape index (κ2) is 3.74. The smallest absolute Gasteiger partial charge is 0.119 e. The van der Waals surface area contributed by atoms with Gasteiger partial charge in [0.1, 0.15) is 6.17 Å². The first-order valence-electron chi connectivity index (χ1n) is 4.26. The van der Waals surface area contributed by atoms with Crippen LogP contribution < -0.4 is 0 Å². The molecule has 2 atom stereocenters. The maximum atomic E-state index is 12.9. The van der Waals surface area contributed by atoms with Crippen molar-refractivity contribution in [1.29, 1.82) is 0 Å². The molecule has 1 rings (SSSR count). The van der Waals surface area contributed by atoms with Crippen molar-refractivity contribution in [2.24, 2.45) is 5.92 Å². The SMILES string of the molecule is C=C(O)CC1CC(C)=CC(F)C1. The van der Waals surface area contributed by atoms with Crippen LogP contribution in [0.25, 0.3) is 0 Å². The van der Waals surface area contributed by atoms with Gasteiger partial charge >= 0.3 is 0 Å². The van der Waals surface area contributed by atoms with Crippen molar-refractivity contribution in [1.82, 2.24) is 0 Å². The van der Waals surface area contributed by atoms with Gasteiger partial charge in [-0.15, -0.1) is 0 Å². The van der Waals surface area contributed by atoms with Gasteiger partial charge in [0.15, 0.2) is 0 Å². The summed E-state index contributed by atoms with van der Waals surface area (Å²) in [5.74, 6) is 0.407. The van der Waals surface area contributed by atoms with Crippen molar-refractivity contribution in [2.75, 3.05) is 0 Å². The van der Waals surface area contributed by atoms with Gasteiger partial charge in [0.2, 0.25) is 0 Å². The van der Waals surface area contributed by atoms with Crippen molar-refractivity contribution in [3.63, 3.8) is 0 Å². The molecular formula is C10H15FO. The Labute approximate surface area is 72.6 Å². The third kappa shape index (κ3) is 2.68. The predicted octanol–water partition coefficient (Wildman–Crippen LogP) is 3.14. The van der Waals surface area contributed by atoms with E-state index in [1.807, 2.05) is 6.92 Å². The zero-order valence-corrected chi connectivity index (χ0v) is 7.39. The van der Waals surface area contributed by atoms with Crippen molar-refractivity contribution in [3.05, 3.63) is 24.0 Å². The Bertz CT molecular complexity index is 208. The molecule has 2 unspecified atom stereocenters. The van der Waals surface area contributed by atoms with Gasteiger partial charge in [-0.25, -0.2) is 4.39 Å². The first kappa shape index (κ1) is 9.30. The topological polar surface area (TPSA) is 20.2 Å². The molecule has 0 aliphatic heterocycles. The van der Waals surface area contributed by atoms with Gasteiger partial charge in [0, 0.05) is 6.42 Å². The molecule has 1 nitrogen and oxygen atoms in total. The molecule has 0 heterocycles. The quantitative estimate of drug-likeness (QED) is 0.498. The summed E-state index contributed by atoms with van der Waals surface area (Å²) in [7, 11) is 0. The zero-order chi connectivity index (χ0) is 9.14. The van der Waals surface area contributed by atoms with Gasteiger partial charge in [-0.1, -0.05) is 18.2 Å². The highest BCUT2D eigenvalue weighted by atomic mass is 19.1. The number of aliphatic hydroxyl groups excluding tert-OH is 1. The molecule has 1 N–H and O–H groups in total. The van der Waals surface area contributed by atoms with Crippen molar-refractivity contribution in [3.8, 4) is 0 Å². The average Bonchev–Trinajstić information content (AvgIpc) is 1.81. The lowest BCUT2D eigenvalue weighted by molar-refractivity contribution is 0.270. The second-order valence-corrected chi connectivity index (χ2v) is 3.61. The summed E-state index contributed by atoms with van der Waals surface area (Å²) in [5.41, 5.74) is 1.08. The van der Waals surface area contributed by atoms with Gasteiger partial charge in [-0.2, -0.15) is 0 Å². The molecule has 0 aromatic rings. The first-order chi connectivity index (χ1) is 5.58. The normalized spacial score (nSPS) is 29.7. The van der Waals surface area contributed by atoms with E-state index in [1.54, 1.807) is 6.08 Å². The number of halogens is 1. The van der Waals surface area contributed by atoms with Crippen LogP contribution in [-0.2, 0) is 0 Å². The highest BCUT2D eigenvalue weighted by Gasteiger charge is 2.20. The lowest BCUT2D eigenvalue weighted by Gasteiger charge is -2.22. The third-order valence-corrected chi connectivity index (χ3v) is 2.16. The van der Waals surface area contributed by atoms with Crippen LogP contribution in [0.15, 0.2) is 24.0 Å². The second-order valence-electron chi connectivity index (χ2n) is 3.61. The van der Waals surface area contributed by atoms with E-state index < -0.39 is 6.17 Å². The number of aliphatic hydroxyl groups is 1. The fourth-order valence-electron chi connectivity index (χ4n) is 1.79. The van der Waals surface area contributed by atoms with E-state index >= 15 is 0 Å². The fraction of sp³-hybridized carbons (Fsp3) is 0.600. The molecular weight excluding hydrogens is 155 g/mol. The summed E-state index contributed by atoms with van der Waals surface area (Å²) in [6.45, 7) is 5.34. The Kier molecular flexibility index (Phi) is 2.90. The maximum absolute atomic E-state index is 12.9. The minimum atomic E-state index is -0.830. The van der Waals surface area contributed by atoms with E-state index in [2.05, 4.69) is 6.58 Å². The molecule has 0 spiro atoms. The molecule has 0 saturated heterocycles. The Balaban J connectivity index is 2.49. The number of allylic oxidation sites excluding steroid dienone is 3. The van der Waals surface area contributed by atoms with Crippen molar-refractivity contribution >= 4 is 0 Å². The summed E-state index contributed by atoms with van der Waals surface area (Å²) in [4.78, 5) is 0. The molecule has 0 amide bonds. The van der Waals surface area contributed by atoms with Crippen LogP contribution in [0, 0.1) is 5.92 Å². The Morgan fingerprint density at radius 1 is 1.83 bits per heavy atom. The number of rotatable bonds is 2. The lowest BCUT2D eigenvalue weighted by atomic mass is 9.86. The monoisotopic (exact) mass is 170 g/mol. The minimum absolute atomic E-state index is 0.168. The van der Waals surface area contributed by atoms with E-state index in [0.717, 1.165) is 12.0 Å². The van der Waals surface area contributed by atoms with Crippen LogP contribution in [0.1, 0.15) is 26.2 Å². The van der Waals surface area contributed by atoms with E-state index in [9.17, 15) is 4.39 Å². The molecule has 0 bridgehead atoms. The van der Waals surface area contributed by atoms with Crippen LogP contribution in [0.4, 0.5) is 4.39 Å². The van der Waals surface area contributed by atoms with Crippen molar-refractivity contribution in [2.45, 2.75) is 32.4 Å². The molecule has 1 aliphatic carbocycles. The number of hydrogen-bond acceptors (Lipinski definition) is 1. The van der Waals surface area contributed by atoms with Crippen LogP contribution in [0.5, 0.6) is 0 Å². The fourth-order valence-corrected chi connectivity index (χ4v) is 1.79. The van der Waals surface area contributed by atoms with Crippen LogP contribution in [-0.4, -0.2) is 11.3 Å². The number of alkyl halides is 1. The molecule has 1 aliphatic rings. The van der Waals surface area contributed by atoms with Crippen LogP contribution in [0.3, 0.4) is 0 Å². The molecule has 0 fully saturated rings. The highest BCUT2D eigenvalue weighted by molar-refractivity contribution is 5.08. The standard InChI is InChI=1S/C10H15FO/c1-7-3-9(5-8(2)12)6-10(11)4-7/h4,9-10,12H,2-3,5-6H2,1H3. The molecule has 12 heavy (non-hydrogen) atoms. The maximum Gasteiger partial charge on any atom is 0.119 e. The van der Waals surface area contributed by atoms with E-state index in [1.165, 1.54) is 0 Å². The Hall–Kier alpha value is -0.790. The van der Waals surface area contributed by atoms with Gasteiger partial charge in [-0.3, -0.25) is 0 Å². The summed E-state index contributed by atoms with van der Waals surface area (Å²) in [6.07, 6.45) is 2.78. The number of hydrogen-bond donors (Lipinski definition) is 1. The summed E-state index contributed by atoms with van der Waals surface area (Å²) >= 11 is 0. The Morgan fingerprint density at radius 2 is 2.50 bits per heavy atom. The summed E-state index contributed by atoms with van der Waals surface area (Å²) in [6, 6.07) is 0. The molecule has 0 radical (unpaired) electrons. The largest absolute Gasteiger partial charge is 0.513 e. The Morgan fingerprint density at radius 3 is 3.00 bits per heavy atom. The van der Waals surface area contributed by atoms with E-state index in [-0.39, 0.29) is 11.7 Å². The highest BCUT2D eigenvalue weighted by Crippen LogP contribution is 2.29. The average molecular weight is 170 g/mol. The third-order valence-electron chi connectivity index (χ3n) is 2.16. The molecule has 2 heteroatoms. The van der Waals surface area contributed by atoms with Gasteiger partial charge in [0.05, 0.1) is 5.76 Å². The van der Waals surface area contributed by atoms with Gasteiger partial charge < -0.3 is 5.11 Å². The van der Waals surface area contributed by atoms with Crippen molar-refractivity contribution < 1.29 is 9.50 Å². The van der Waals surface area contributed by atoms with Gasteiger partial charge in [-0.05, 0) is 25.7 Å². The molecule has 68 valence electrons. The van der Waals surface area contributed by atoms with E-state index in [4.69, 9.17) is 5.11 Å². The minimum Gasteiger partial charge on any atom is -0.513 e. The van der Waals surface area contributed by atoms with E-state index in [0.29, 0.717) is 12.8 Å². The molecule has 0 saturated carbocycles. The van der Waals surface area contributed by atoms with Gasteiger partial charge in [0.25, 0.3) is 0 Å². The summed E-state index contributed by atoms with van der Waals surface area (Å²) in [5, 5.41) is 8.94. The predicted molar refractivity (Wildman–Crippen MR) is 47.8 cm³/mol. The molecule has 0 aromatic carbocycles. The lowest BCUT2D eigenvalue weighted by Crippen LogP contribution is -2.14. The van der Waals surface area contributed by atoms with Crippen LogP contribution in [0.2, 0.25) is 0 Å². The van der Waals surface area contributed by atoms with Crippen LogP contribution >= 0.6 is 0 Å². The zero-order valence-electron chi connectivity index (χ0n) is 7.39. The first-order valence-corrected chi connectivity index (χ1v) is 4.26. The summed E-state index contributed by atoms with van der Waals surface area (Å²) < 4.78 is 12.9. The molecule has 0 aromatic heterocycles.